The Morgan fingerprint density at radius 3 is 2.74 bits per heavy atom. The molecule has 0 atom stereocenters. The molecule has 5 rings (SSSR count). The maximum absolute atomic E-state index is 14.6. The van der Waals surface area contributed by atoms with Gasteiger partial charge in [0.1, 0.15) is 23.5 Å². The molecule has 1 fully saturated rings. The fraction of sp³-hybridized carbons (Fsp3) is 0.423. The number of alkyl halides is 2. The first kappa shape index (κ1) is 26.8. The summed E-state index contributed by atoms with van der Waals surface area (Å²) in [6.45, 7) is -0.473. The van der Waals surface area contributed by atoms with Gasteiger partial charge in [0.2, 0.25) is 0 Å². The van der Waals surface area contributed by atoms with Crippen molar-refractivity contribution < 1.29 is 26.2 Å². The van der Waals surface area contributed by atoms with E-state index >= 15 is 0 Å². The third-order valence-electron chi connectivity index (χ3n) is 7.38. The van der Waals surface area contributed by atoms with Gasteiger partial charge in [-0.1, -0.05) is 12.1 Å². The molecule has 1 saturated carbocycles. The van der Waals surface area contributed by atoms with Crippen LogP contribution in [0.25, 0.3) is 0 Å². The van der Waals surface area contributed by atoms with Crippen molar-refractivity contribution in [3.63, 3.8) is 0 Å². The maximum atomic E-state index is 14.6. The first-order valence-corrected chi connectivity index (χ1v) is 14.1. The van der Waals surface area contributed by atoms with Gasteiger partial charge in [-0.3, -0.25) is 8.98 Å². The van der Waals surface area contributed by atoms with Gasteiger partial charge in [-0.05, 0) is 60.1 Å². The van der Waals surface area contributed by atoms with E-state index in [0.717, 1.165) is 17.6 Å². The number of halogens is 2. The summed E-state index contributed by atoms with van der Waals surface area (Å²) in [6, 6.07) is 10.7. The van der Waals surface area contributed by atoms with Gasteiger partial charge in [0, 0.05) is 25.6 Å². The van der Waals surface area contributed by atoms with Gasteiger partial charge in [-0.25, -0.2) is 4.98 Å². The Balaban J connectivity index is 1.45. The Hall–Kier alpha value is -3.76. The van der Waals surface area contributed by atoms with E-state index in [1.54, 1.807) is 24.5 Å². The van der Waals surface area contributed by atoms with Crippen LogP contribution >= 0.6 is 0 Å². The van der Waals surface area contributed by atoms with Crippen molar-refractivity contribution in [1.29, 1.82) is 5.26 Å². The van der Waals surface area contributed by atoms with Crippen LogP contribution in [0.2, 0.25) is 0 Å². The van der Waals surface area contributed by atoms with E-state index < -0.39 is 46.1 Å². The number of pyridine rings is 1. The number of nitriles is 1. The molecule has 0 unspecified atom stereocenters. The van der Waals surface area contributed by atoms with Gasteiger partial charge >= 0.3 is 0 Å². The van der Waals surface area contributed by atoms with Crippen LogP contribution in [0, 0.1) is 17.2 Å². The Labute approximate surface area is 224 Å². The number of anilines is 1. The Kier molecular flexibility index (Phi) is 6.72. The summed E-state index contributed by atoms with van der Waals surface area (Å²) in [7, 11) is -1.99. The minimum absolute atomic E-state index is 0.00133. The minimum atomic E-state index is -3.83. The number of benzene rings is 1. The molecule has 2 aromatic heterocycles. The third-order valence-corrected chi connectivity index (χ3v) is 7.93. The highest BCUT2D eigenvalue weighted by atomic mass is 32.2. The minimum Gasteiger partial charge on any atom is -0.321 e. The summed E-state index contributed by atoms with van der Waals surface area (Å²) in [4.78, 5) is 17.2. The summed E-state index contributed by atoms with van der Waals surface area (Å²) in [5.41, 5.74) is 0.388. The van der Waals surface area contributed by atoms with E-state index in [1.807, 2.05) is 17.7 Å². The molecule has 2 aliphatic rings. The predicted octanol–water partition coefficient (Wildman–Crippen LogP) is 3.59. The Morgan fingerprint density at radius 1 is 1.31 bits per heavy atom. The number of hydrogen-bond donors (Lipinski definition) is 1. The molecule has 13 heteroatoms. The summed E-state index contributed by atoms with van der Waals surface area (Å²) < 4.78 is 58.8. The normalized spacial score (nSPS) is 21.6. The number of hydrogen-bond acceptors (Lipinski definition) is 8. The molecule has 0 bridgehead atoms. The van der Waals surface area contributed by atoms with Crippen LogP contribution in [0.1, 0.15) is 64.4 Å². The number of fused-ring (bicyclic) bond motifs is 1. The Morgan fingerprint density at radius 2 is 2.08 bits per heavy atom. The number of carbonyl (C=O) groups excluding carboxylic acids is 1. The fourth-order valence-corrected chi connectivity index (χ4v) is 5.92. The lowest BCUT2D eigenvalue weighted by atomic mass is 9.57. The molecule has 1 aromatic carbocycles. The molecule has 10 nitrogen and oxygen atoms in total. The van der Waals surface area contributed by atoms with E-state index in [0.29, 0.717) is 24.9 Å². The van der Waals surface area contributed by atoms with Gasteiger partial charge in [0.15, 0.2) is 0 Å². The average Bonchev–Trinajstić information content (AvgIpc) is 3.41. The third kappa shape index (κ3) is 5.14. The van der Waals surface area contributed by atoms with Crippen molar-refractivity contribution in [1.82, 2.24) is 19.7 Å². The van der Waals surface area contributed by atoms with E-state index in [-0.39, 0.29) is 29.2 Å². The molecule has 1 amide bonds. The topological polar surface area (TPSA) is 140 Å². The molecule has 39 heavy (non-hydrogen) atoms. The van der Waals surface area contributed by atoms with E-state index in [2.05, 4.69) is 26.6 Å². The lowest BCUT2D eigenvalue weighted by molar-refractivity contribution is -0.00602. The zero-order valence-corrected chi connectivity index (χ0v) is 22.1. The van der Waals surface area contributed by atoms with Gasteiger partial charge in [-0.15, -0.1) is 10.2 Å². The van der Waals surface area contributed by atoms with Crippen LogP contribution in [0.4, 0.5) is 14.5 Å². The molecule has 204 valence electrons. The second kappa shape index (κ2) is 9.77. The lowest BCUT2D eigenvalue weighted by Crippen LogP contribution is -2.44. The molecule has 0 saturated heterocycles. The second-order valence-electron chi connectivity index (χ2n) is 10.2. The van der Waals surface area contributed by atoms with Crippen LogP contribution in [0.3, 0.4) is 0 Å². The van der Waals surface area contributed by atoms with Crippen molar-refractivity contribution in [3.8, 4) is 6.07 Å². The van der Waals surface area contributed by atoms with Crippen molar-refractivity contribution in [3.05, 3.63) is 70.6 Å². The first-order chi connectivity index (χ1) is 18.4. The summed E-state index contributed by atoms with van der Waals surface area (Å²) in [5.74, 6) is -3.01. The number of nitrogens with one attached hydrogen (secondary N) is 1. The summed E-state index contributed by atoms with van der Waals surface area (Å²) >= 11 is 0. The summed E-state index contributed by atoms with van der Waals surface area (Å²) in [6.07, 6.45) is 3.80. The van der Waals surface area contributed by atoms with E-state index in [9.17, 15) is 22.0 Å². The predicted molar refractivity (Wildman–Crippen MR) is 135 cm³/mol. The molecule has 2 aliphatic carbocycles. The Bertz CT molecular complexity index is 1590. The molecule has 0 aliphatic heterocycles. The largest absolute Gasteiger partial charge is 0.321 e. The highest BCUT2D eigenvalue weighted by Gasteiger charge is 2.49. The standard InChI is InChI=1S/C26H26F2N6O4S/c1-34-15-30-33-24(34)25(12-16(13-25)7-9-29)18-4-3-5-19(11-18)31-23(35)21-10-17(14-38-39(2,36)37)20-6-8-26(27,28)22(20)32-21/h3-5,10-11,15-16H,6-8,12-14H2,1-2H3,(H,31,35). The van der Waals surface area contributed by atoms with Crippen LogP contribution in [0.5, 0.6) is 0 Å². The van der Waals surface area contributed by atoms with Crippen molar-refractivity contribution in [2.45, 2.75) is 50.0 Å². The molecule has 0 spiro atoms. The fourth-order valence-electron chi connectivity index (χ4n) is 5.57. The van der Waals surface area contributed by atoms with Crippen LogP contribution in [-0.4, -0.2) is 40.3 Å². The van der Waals surface area contributed by atoms with Gasteiger partial charge in [0.05, 0.1) is 24.3 Å². The summed E-state index contributed by atoms with van der Waals surface area (Å²) in [5, 5.41) is 20.2. The molecular formula is C26H26F2N6O4S. The molecular weight excluding hydrogens is 530 g/mol. The molecule has 1 N–H and O–H groups in total. The lowest BCUT2D eigenvalue weighted by Gasteiger charge is -2.46. The molecule has 2 heterocycles. The second-order valence-corrected chi connectivity index (χ2v) is 11.8. The number of carbonyl (C=O) groups is 1. The monoisotopic (exact) mass is 556 g/mol. The van der Waals surface area contributed by atoms with Crippen molar-refractivity contribution >= 4 is 21.7 Å². The van der Waals surface area contributed by atoms with Crippen LogP contribution < -0.4 is 5.32 Å². The zero-order chi connectivity index (χ0) is 28.0. The highest BCUT2D eigenvalue weighted by molar-refractivity contribution is 7.85. The number of aryl methyl sites for hydroxylation is 1. The highest BCUT2D eigenvalue weighted by Crippen LogP contribution is 2.53. The SMILES string of the molecule is Cn1cnnc1C1(c2cccc(NC(=O)c3cc(COS(C)(=O)=O)c4c(n3)C(F)(F)CC4)c2)CC(CC#N)C1. The van der Waals surface area contributed by atoms with E-state index in [4.69, 9.17) is 9.44 Å². The average molecular weight is 557 g/mol. The smallest absolute Gasteiger partial charge is 0.290 e. The van der Waals surface area contributed by atoms with Crippen molar-refractivity contribution in [2.24, 2.45) is 13.0 Å². The zero-order valence-electron chi connectivity index (χ0n) is 21.3. The first-order valence-electron chi connectivity index (χ1n) is 12.3. The molecule has 0 radical (unpaired) electrons. The maximum Gasteiger partial charge on any atom is 0.290 e. The van der Waals surface area contributed by atoms with Gasteiger partial charge in [-0.2, -0.15) is 22.5 Å². The van der Waals surface area contributed by atoms with E-state index in [1.165, 1.54) is 6.07 Å². The van der Waals surface area contributed by atoms with Gasteiger partial charge < -0.3 is 9.88 Å². The van der Waals surface area contributed by atoms with Gasteiger partial charge in [0.25, 0.3) is 21.9 Å². The molecule has 3 aromatic rings. The van der Waals surface area contributed by atoms with Crippen molar-refractivity contribution in [2.75, 3.05) is 11.6 Å². The van der Waals surface area contributed by atoms with Crippen LogP contribution in [0.15, 0.2) is 36.7 Å². The number of rotatable bonds is 8. The van der Waals surface area contributed by atoms with Crippen LogP contribution in [-0.2, 0) is 45.7 Å². The number of nitrogens with zero attached hydrogens (tertiary/aromatic N) is 5. The number of aromatic nitrogens is 4. The number of amides is 1. The quantitative estimate of drug-likeness (QED) is 0.415.